The maximum Gasteiger partial charge on any atom is 0.344 e. The SMILES string of the molecule is Cn1c(COC(=O)COc2ccc(Cl)cc2Br)cc(=O)n(C)c1=O. The van der Waals surface area contributed by atoms with Gasteiger partial charge in [-0.1, -0.05) is 11.6 Å². The number of hydrogen-bond acceptors (Lipinski definition) is 5. The molecule has 0 fully saturated rings. The molecule has 0 bridgehead atoms. The molecule has 128 valence electrons. The molecular weight excluding hydrogens is 404 g/mol. The van der Waals surface area contributed by atoms with Gasteiger partial charge in [-0.3, -0.25) is 13.9 Å². The van der Waals surface area contributed by atoms with E-state index in [1.807, 2.05) is 0 Å². The summed E-state index contributed by atoms with van der Waals surface area (Å²) in [6.45, 7) is -0.523. The van der Waals surface area contributed by atoms with Crippen molar-refractivity contribution in [2.75, 3.05) is 6.61 Å². The quantitative estimate of drug-likeness (QED) is 0.691. The fourth-order valence-corrected chi connectivity index (χ4v) is 2.64. The van der Waals surface area contributed by atoms with Crippen LogP contribution in [0.3, 0.4) is 0 Å². The first-order valence-electron chi connectivity index (χ1n) is 6.79. The molecule has 0 aliphatic carbocycles. The summed E-state index contributed by atoms with van der Waals surface area (Å²) in [4.78, 5) is 35.1. The number of esters is 1. The number of hydrogen-bond donors (Lipinski definition) is 0. The van der Waals surface area contributed by atoms with Crippen molar-refractivity contribution in [1.29, 1.82) is 0 Å². The number of rotatable bonds is 5. The van der Waals surface area contributed by atoms with Crippen LogP contribution in [-0.4, -0.2) is 21.7 Å². The summed E-state index contributed by atoms with van der Waals surface area (Å²) >= 11 is 9.08. The molecule has 0 unspecified atom stereocenters. The molecule has 1 aromatic heterocycles. The van der Waals surface area contributed by atoms with E-state index in [1.54, 1.807) is 18.2 Å². The van der Waals surface area contributed by atoms with Crippen molar-refractivity contribution >= 4 is 33.5 Å². The molecule has 1 heterocycles. The highest BCUT2D eigenvalue weighted by molar-refractivity contribution is 9.10. The Hall–Kier alpha value is -2.06. The minimum absolute atomic E-state index is 0.203. The van der Waals surface area contributed by atoms with E-state index >= 15 is 0 Å². The van der Waals surface area contributed by atoms with Crippen molar-refractivity contribution in [2.45, 2.75) is 6.61 Å². The standard InChI is InChI=1S/C15H14BrClN2O5/c1-18-10(6-13(20)19(2)15(18)22)7-24-14(21)8-23-12-4-3-9(17)5-11(12)16/h3-6H,7-8H2,1-2H3. The molecule has 2 aromatic rings. The largest absolute Gasteiger partial charge is 0.481 e. The maximum atomic E-state index is 11.8. The molecule has 0 aliphatic heterocycles. The molecular formula is C15H14BrClN2O5. The Morgan fingerprint density at radius 3 is 2.58 bits per heavy atom. The molecule has 7 nitrogen and oxygen atoms in total. The first-order chi connectivity index (χ1) is 11.3. The Kier molecular flexibility index (Phi) is 5.84. The molecule has 0 N–H and O–H groups in total. The summed E-state index contributed by atoms with van der Waals surface area (Å²) in [5.74, 6) is -0.192. The Morgan fingerprint density at radius 1 is 1.21 bits per heavy atom. The third-order valence-corrected chi connectivity index (χ3v) is 4.10. The van der Waals surface area contributed by atoms with Crippen LogP contribution in [0.25, 0.3) is 0 Å². The first-order valence-corrected chi connectivity index (χ1v) is 7.96. The normalized spacial score (nSPS) is 10.5. The second-order valence-electron chi connectivity index (χ2n) is 4.90. The van der Waals surface area contributed by atoms with Crippen molar-refractivity contribution in [3.63, 3.8) is 0 Å². The molecule has 0 aliphatic rings. The van der Waals surface area contributed by atoms with E-state index < -0.39 is 17.2 Å². The van der Waals surface area contributed by atoms with Crippen LogP contribution in [-0.2, 0) is 30.2 Å². The Morgan fingerprint density at radius 2 is 1.92 bits per heavy atom. The Balaban J connectivity index is 1.97. The lowest BCUT2D eigenvalue weighted by Crippen LogP contribution is -2.38. The highest BCUT2D eigenvalue weighted by atomic mass is 79.9. The van der Waals surface area contributed by atoms with Crippen molar-refractivity contribution in [3.8, 4) is 5.75 Å². The van der Waals surface area contributed by atoms with Crippen LogP contribution >= 0.6 is 27.5 Å². The number of ether oxygens (including phenoxy) is 2. The van der Waals surface area contributed by atoms with E-state index in [-0.39, 0.29) is 13.2 Å². The fourth-order valence-electron chi connectivity index (χ4n) is 1.84. The highest BCUT2D eigenvalue weighted by Crippen LogP contribution is 2.27. The third kappa shape index (κ3) is 4.27. The van der Waals surface area contributed by atoms with Gasteiger partial charge in [-0.05, 0) is 34.1 Å². The van der Waals surface area contributed by atoms with Crippen LogP contribution in [0.4, 0.5) is 0 Å². The molecule has 0 saturated carbocycles. The third-order valence-electron chi connectivity index (χ3n) is 3.25. The second kappa shape index (κ2) is 7.67. The number of carbonyl (C=O) groups is 1. The van der Waals surface area contributed by atoms with Gasteiger partial charge in [-0.15, -0.1) is 0 Å². The minimum Gasteiger partial charge on any atom is -0.481 e. The van der Waals surface area contributed by atoms with Gasteiger partial charge in [0.05, 0.1) is 10.2 Å². The molecule has 9 heteroatoms. The Bertz CT molecular complexity index is 890. The van der Waals surface area contributed by atoms with E-state index in [1.165, 1.54) is 24.7 Å². The van der Waals surface area contributed by atoms with Crippen LogP contribution < -0.4 is 16.0 Å². The molecule has 1 aromatic carbocycles. The van der Waals surface area contributed by atoms with Crippen molar-refractivity contribution in [3.05, 3.63) is 60.3 Å². The number of aromatic nitrogens is 2. The molecule has 0 atom stereocenters. The zero-order valence-electron chi connectivity index (χ0n) is 12.9. The summed E-state index contributed by atoms with van der Waals surface area (Å²) < 4.78 is 13.2. The maximum absolute atomic E-state index is 11.8. The fraction of sp³-hybridized carbons (Fsp3) is 0.267. The predicted molar refractivity (Wildman–Crippen MR) is 91.4 cm³/mol. The molecule has 0 spiro atoms. The summed E-state index contributed by atoms with van der Waals surface area (Å²) in [6, 6.07) is 6.12. The van der Waals surface area contributed by atoms with Gasteiger partial charge < -0.3 is 9.47 Å². The lowest BCUT2D eigenvalue weighted by Gasteiger charge is -2.11. The van der Waals surface area contributed by atoms with Gasteiger partial charge in [0.25, 0.3) is 5.56 Å². The van der Waals surface area contributed by atoms with Crippen LogP contribution in [0.1, 0.15) is 5.69 Å². The summed E-state index contributed by atoms with van der Waals surface area (Å²) in [6.07, 6.45) is 0. The highest BCUT2D eigenvalue weighted by Gasteiger charge is 2.11. The van der Waals surface area contributed by atoms with Crippen molar-refractivity contribution in [1.82, 2.24) is 9.13 Å². The van der Waals surface area contributed by atoms with E-state index in [4.69, 9.17) is 21.1 Å². The van der Waals surface area contributed by atoms with Crippen molar-refractivity contribution < 1.29 is 14.3 Å². The smallest absolute Gasteiger partial charge is 0.344 e. The van der Waals surface area contributed by atoms with Gasteiger partial charge >= 0.3 is 11.7 Å². The van der Waals surface area contributed by atoms with Gasteiger partial charge in [0.15, 0.2) is 6.61 Å². The van der Waals surface area contributed by atoms with Crippen LogP contribution in [0.2, 0.25) is 5.02 Å². The lowest BCUT2D eigenvalue weighted by atomic mass is 10.3. The lowest BCUT2D eigenvalue weighted by molar-refractivity contribution is -0.147. The minimum atomic E-state index is -0.634. The average molecular weight is 418 g/mol. The van der Waals surface area contributed by atoms with Crippen molar-refractivity contribution in [2.24, 2.45) is 14.1 Å². The number of nitrogens with zero attached hydrogens (tertiary/aromatic N) is 2. The van der Waals surface area contributed by atoms with Crippen LogP contribution in [0.5, 0.6) is 5.75 Å². The predicted octanol–water partition coefficient (Wildman–Crippen LogP) is 1.62. The first kappa shape index (κ1) is 18.3. The Labute approximate surface area is 150 Å². The number of carbonyl (C=O) groups excluding carboxylic acids is 1. The van der Waals surface area contributed by atoms with Gasteiger partial charge in [0.2, 0.25) is 0 Å². The van der Waals surface area contributed by atoms with Gasteiger partial charge in [-0.2, -0.15) is 0 Å². The van der Waals surface area contributed by atoms with Gasteiger partial charge in [-0.25, -0.2) is 9.59 Å². The topological polar surface area (TPSA) is 79.5 Å². The molecule has 0 amide bonds. The molecule has 24 heavy (non-hydrogen) atoms. The number of benzene rings is 1. The molecule has 0 radical (unpaired) electrons. The monoisotopic (exact) mass is 416 g/mol. The summed E-state index contributed by atoms with van der Waals surface area (Å²) in [5, 5.41) is 0.531. The van der Waals surface area contributed by atoms with Gasteiger partial charge in [0, 0.05) is 25.2 Å². The van der Waals surface area contributed by atoms with E-state index in [2.05, 4.69) is 15.9 Å². The summed E-state index contributed by atoms with van der Waals surface area (Å²) in [7, 11) is 2.87. The zero-order chi connectivity index (χ0) is 17.9. The number of halogens is 2. The second-order valence-corrected chi connectivity index (χ2v) is 6.19. The molecule has 2 rings (SSSR count). The molecule has 0 saturated heterocycles. The van der Waals surface area contributed by atoms with E-state index in [0.29, 0.717) is 20.9 Å². The van der Waals surface area contributed by atoms with Crippen LogP contribution in [0.15, 0.2) is 38.3 Å². The zero-order valence-corrected chi connectivity index (χ0v) is 15.3. The van der Waals surface area contributed by atoms with E-state index in [0.717, 1.165) is 4.57 Å². The van der Waals surface area contributed by atoms with Gasteiger partial charge in [0.1, 0.15) is 12.4 Å². The summed E-state index contributed by atoms with van der Waals surface area (Å²) in [5.41, 5.74) is -0.662. The van der Waals surface area contributed by atoms with E-state index in [9.17, 15) is 14.4 Å². The average Bonchev–Trinajstić information content (AvgIpc) is 2.54. The van der Waals surface area contributed by atoms with Crippen LogP contribution in [0, 0.1) is 0 Å².